The molecular formula is C34H33F2N3O6. The van der Waals surface area contributed by atoms with Gasteiger partial charge in [0.25, 0.3) is 11.5 Å². The minimum absolute atomic E-state index is 0.112. The molecule has 1 fully saturated rings. The number of pyridine rings is 1. The van der Waals surface area contributed by atoms with E-state index < -0.39 is 35.1 Å². The van der Waals surface area contributed by atoms with Crippen molar-refractivity contribution in [2.24, 2.45) is 7.05 Å². The molecule has 45 heavy (non-hydrogen) atoms. The van der Waals surface area contributed by atoms with Gasteiger partial charge >= 0.3 is 5.97 Å². The molecule has 2 N–H and O–H groups in total. The van der Waals surface area contributed by atoms with Gasteiger partial charge in [-0.2, -0.15) is 0 Å². The van der Waals surface area contributed by atoms with Crippen LogP contribution in [0.2, 0.25) is 0 Å². The molecule has 0 radical (unpaired) electrons. The number of aryl methyl sites for hydroxylation is 1. The highest BCUT2D eigenvalue weighted by atomic mass is 19.1. The monoisotopic (exact) mass is 617 g/mol. The first-order chi connectivity index (χ1) is 21.6. The first kappa shape index (κ1) is 30.3. The number of carbonyl (C=O) groups excluding carboxylic acids is 1. The van der Waals surface area contributed by atoms with E-state index in [0.717, 1.165) is 28.6 Å². The molecule has 0 saturated carbocycles. The number of amides is 1. The quantitative estimate of drug-likeness (QED) is 0.315. The van der Waals surface area contributed by atoms with Gasteiger partial charge in [-0.05, 0) is 60.5 Å². The van der Waals surface area contributed by atoms with Gasteiger partial charge in [-0.1, -0.05) is 30.3 Å². The van der Waals surface area contributed by atoms with Gasteiger partial charge in [-0.25, -0.2) is 13.6 Å². The number of benzene rings is 3. The maximum absolute atomic E-state index is 15.2. The number of para-hydroxylation sites is 1. The zero-order valence-electron chi connectivity index (χ0n) is 24.9. The fraction of sp³-hybridized carbons (Fsp3) is 0.324. The summed E-state index contributed by atoms with van der Waals surface area (Å²) in [6, 6.07) is 13.4. The molecule has 2 atom stereocenters. The Morgan fingerprint density at radius 1 is 1.07 bits per heavy atom. The molecular weight excluding hydrogens is 584 g/mol. The summed E-state index contributed by atoms with van der Waals surface area (Å²) in [6.07, 6.45) is 1.08. The number of hydrogen-bond donors (Lipinski definition) is 2. The van der Waals surface area contributed by atoms with Crippen molar-refractivity contribution in [3.63, 3.8) is 0 Å². The number of ether oxygens (including phenoxy) is 2. The Bertz CT molecular complexity index is 1850. The summed E-state index contributed by atoms with van der Waals surface area (Å²) in [5, 5.41) is 13.2. The Balaban J connectivity index is 1.29. The van der Waals surface area contributed by atoms with Crippen LogP contribution in [0.1, 0.15) is 34.8 Å². The van der Waals surface area contributed by atoms with Crippen molar-refractivity contribution < 1.29 is 33.0 Å². The second-order valence-electron chi connectivity index (χ2n) is 11.5. The number of hydrogen-bond acceptors (Lipinski definition) is 6. The van der Waals surface area contributed by atoms with Crippen LogP contribution in [0.25, 0.3) is 22.0 Å². The predicted molar refractivity (Wildman–Crippen MR) is 165 cm³/mol. The number of carbonyl (C=O) groups is 2. The molecule has 0 unspecified atom stereocenters. The second kappa shape index (κ2) is 12.3. The third kappa shape index (κ3) is 5.75. The molecule has 3 aromatic carbocycles. The van der Waals surface area contributed by atoms with E-state index in [1.54, 1.807) is 28.6 Å². The lowest BCUT2D eigenvalue weighted by atomic mass is 9.90. The molecule has 1 aromatic heterocycles. The van der Waals surface area contributed by atoms with Crippen molar-refractivity contribution in [2.75, 3.05) is 31.3 Å². The molecule has 1 saturated heterocycles. The molecule has 3 heterocycles. The smallest absolute Gasteiger partial charge is 0.326 e. The summed E-state index contributed by atoms with van der Waals surface area (Å²) in [5.41, 5.74) is 2.38. The third-order valence-electron chi connectivity index (χ3n) is 8.58. The van der Waals surface area contributed by atoms with Crippen molar-refractivity contribution in [1.29, 1.82) is 0 Å². The average molecular weight is 618 g/mol. The van der Waals surface area contributed by atoms with Gasteiger partial charge in [0.2, 0.25) is 0 Å². The molecule has 11 heteroatoms. The van der Waals surface area contributed by atoms with Gasteiger partial charge in [-0.3, -0.25) is 9.59 Å². The number of nitrogens with one attached hydrogen (secondary N) is 1. The van der Waals surface area contributed by atoms with Gasteiger partial charge in [0.05, 0.1) is 30.9 Å². The van der Waals surface area contributed by atoms with Gasteiger partial charge in [0, 0.05) is 37.3 Å². The highest BCUT2D eigenvalue weighted by Crippen LogP contribution is 2.38. The summed E-state index contributed by atoms with van der Waals surface area (Å²) in [4.78, 5) is 40.6. The average Bonchev–Trinajstić information content (AvgIpc) is 3.02. The Morgan fingerprint density at radius 2 is 1.82 bits per heavy atom. The van der Waals surface area contributed by atoms with Crippen molar-refractivity contribution in [1.82, 2.24) is 9.88 Å². The Morgan fingerprint density at radius 3 is 2.56 bits per heavy atom. The van der Waals surface area contributed by atoms with E-state index in [1.165, 1.54) is 0 Å². The number of rotatable bonds is 7. The number of nitrogens with zero attached hydrogens (tertiary/aromatic N) is 2. The number of morpholine rings is 1. The largest absolute Gasteiger partial charge is 0.493 e. The van der Waals surface area contributed by atoms with Crippen molar-refractivity contribution >= 4 is 28.5 Å². The van der Waals surface area contributed by atoms with Crippen molar-refractivity contribution in [2.45, 2.75) is 38.3 Å². The normalized spacial score (nSPS) is 17.0. The number of aliphatic carboxylic acids is 1. The lowest BCUT2D eigenvalue weighted by Gasteiger charge is -2.35. The molecule has 9 nitrogen and oxygen atoms in total. The number of anilines is 1. The van der Waals surface area contributed by atoms with Crippen LogP contribution in [0, 0.1) is 11.6 Å². The Kier molecular flexibility index (Phi) is 8.28. The highest BCUT2D eigenvalue weighted by Gasteiger charge is 2.30. The van der Waals surface area contributed by atoms with Crippen LogP contribution in [-0.2, 0) is 29.4 Å². The van der Waals surface area contributed by atoms with E-state index in [4.69, 9.17) is 9.47 Å². The van der Waals surface area contributed by atoms with Crippen LogP contribution in [0.15, 0.2) is 59.4 Å². The Labute approximate surface area is 258 Å². The van der Waals surface area contributed by atoms with Crippen LogP contribution in [0.3, 0.4) is 0 Å². The molecule has 0 bridgehead atoms. The van der Waals surface area contributed by atoms with E-state index in [2.05, 4.69) is 5.32 Å². The molecule has 6 rings (SSSR count). The summed E-state index contributed by atoms with van der Waals surface area (Å²) >= 11 is 0. The molecule has 0 spiro atoms. The van der Waals surface area contributed by atoms with E-state index in [-0.39, 0.29) is 23.7 Å². The van der Waals surface area contributed by atoms with Crippen LogP contribution >= 0.6 is 0 Å². The first-order valence-electron chi connectivity index (χ1n) is 14.9. The lowest BCUT2D eigenvalue weighted by molar-refractivity contribution is -0.139. The van der Waals surface area contributed by atoms with E-state index >= 15 is 8.78 Å². The number of carboxylic acids is 1. The number of aromatic nitrogens is 1. The van der Waals surface area contributed by atoms with Gasteiger partial charge < -0.3 is 29.4 Å². The van der Waals surface area contributed by atoms with E-state index in [9.17, 15) is 19.5 Å². The fourth-order valence-electron chi connectivity index (χ4n) is 6.25. The standard InChI is InChI=1S/C34H33F2N3O6/c1-19-18-44-13-11-39(19)22-16-26(35)30(27(36)17-22)32(40)37-28(34(42)43)15-20-9-10-24(31-23(20)7-5-12-45-31)25-14-21-6-3-4-8-29(21)38(2)33(25)41/h3-4,6,8-10,14,16-17,19,28H,5,7,11-13,15,18H2,1-2H3,(H,37,40)(H,42,43)/t19-,28-/m0/s1. The second-order valence-corrected chi connectivity index (χ2v) is 11.5. The summed E-state index contributed by atoms with van der Waals surface area (Å²) in [5.74, 6) is -4.21. The van der Waals surface area contributed by atoms with Crippen LogP contribution < -0.4 is 20.5 Å². The number of fused-ring (bicyclic) bond motifs is 2. The first-order valence-corrected chi connectivity index (χ1v) is 14.9. The molecule has 4 aromatic rings. The van der Waals surface area contributed by atoms with E-state index in [0.29, 0.717) is 61.6 Å². The molecule has 2 aliphatic heterocycles. The zero-order valence-corrected chi connectivity index (χ0v) is 24.9. The third-order valence-corrected chi connectivity index (χ3v) is 8.58. The van der Waals surface area contributed by atoms with Crippen molar-refractivity contribution in [3.05, 3.63) is 93.3 Å². The van der Waals surface area contributed by atoms with Crippen LogP contribution in [0.5, 0.6) is 5.75 Å². The van der Waals surface area contributed by atoms with Crippen molar-refractivity contribution in [3.8, 4) is 16.9 Å². The van der Waals surface area contributed by atoms with Gasteiger partial charge in [0.15, 0.2) is 0 Å². The van der Waals surface area contributed by atoms with Gasteiger partial charge in [-0.15, -0.1) is 0 Å². The maximum Gasteiger partial charge on any atom is 0.326 e. The van der Waals surface area contributed by atoms with E-state index in [1.807, 2.05) is 37.3 Å². The predicted octanol–water partition coefficient (Wildman–Crippen LogP) is 4.46. The molecule has 234 valence electrons. The molecule has 2 aliphatic rings. The lowest BCUT2D eigenvalue weighted by Crippen LogP contribution is -2.44. The zero-order chi connectivity index (χ0) is 31.8. The SMILES string of the molecule is C[C@H]1COCCN1c1cc(F)c(C(=O)N[C@@H](Cc2ccc(-c3cc4ccccc4n(C)c3=O)c3c2CCCO3)C(=O)O)c(F)c1. The fourth-order valence-corrected chi connectivity index (χ4v) is 6.25. The topological polar surface area (TPSA) is 110 Å². The number of halogens is 2. The Hall–Kier alpha value is -4.77. The van der Waals surface area contributed by atoms with Gasteiger partial charge in [0.1, 0.15) is 29.0 Å². The summed E-state index contributed by atoms with van der Waals surface area (Å²) < 4.78 is 43.3. The molecule has 0 aliphatic carbocycles. The minimum Gasteiger partial charge on any atom is -0.493 e. The highest BCUT2D eigenvalue weighted by molar-refractivity contribution is 5.97. The summed E-state index contributed by atoms with van der Waals surface area (Å²) in [7, 11) is 1.71. The maximum atomic E-state index is 15.2. The minimum atomic E-state index is -1.49. The molecule has 1 amide bonds. The number of carboxylic acid groups (broad SMARTS) is 1. The van der Waals surface area contributed by atoms with Crippen LogP contribution in [0.4, 0.5) is 14.5 Å². The van der Waals surface area contributed by atoms with Crippen LogP contribution in [-0.4, -0.2) is 60.0 Å². The summed E-state index contributed by atoms with van der Waals surface area (Å²) in [6.45, 7) is 3.54.